The molecule has 2 aromatic carbocycles. The van der Waals surface area contributed by atoms with Crippen molar-refractivity contribution in [2.75, 3.05) is 50.1 Å². The zero-order chi connectivity index (χ0) is 21.1. The predicted octanol–water partition coefficient (Wildman–Crippen LogP) is 1.10. The molecule has 2 aliphatic rings. The molecule has 2 heterocycles. The van der Waals surface area contributed by atoms with Crippen LogP contribution in [0.5, 0.6) is 11.5 Å². The summed E-state index contributed by atoms with van der Waals surface area (Å²) in [6.45, 7) is 4.63. The van der Waals surface area contributed by atoms with Gasteiger partial charge in [0.2, 0.25) is 0 Å². The van der Waals surface area contributed by atoms with Gasteiger partial charge in [0.25, 0.3) is 11.6 Å². The van der Waals surface area contributed by atoms with Gasteiger partial charge < -0.3 is 24.6 Å². The number of hydrogen-bond donors (Lipinski definition) is 2. The van der Waals surface area contributed by atoms with Crippen LogP contribution >= 0.6 is 0 Å². The van der Waals surface area contributed by atoms with Gasteiger partial charge in [-0.25, -0.2) is 0 Å². The number of nitrogens with zero attached hydrogens (tertiary/aromatic N) is 2. The van der Waals surface area contributed by atoms with Crippen molar-refractivity contribution < 1.29 is 24.1 Å². The van der Waals surface area contributed by atoms with Crippen molar-refractivity contribution in [2.45, 2.75) is 12.5 Å². The van der Waals surface area contributed by atoms with Gasteiger partial charge in [-0.3, -0.25) is 14.9 Å². The van der Waals surface area contributed by atoms with E-state index in [1.165, 1.54) is 28.8 Å². The van der Waals surface area contributed by atoms with Crippen molar-refractivity contribution >= 4 is 23.0 Å². The zero-order valence-corrected chi connectivity index (χ0v) is 16.8. The van der Waals surface area contributed by atoms with Crippen LogP contribution < -0.4 is 24.6 Å². The first-order valence-electron chi connectivity index (χ1n) is 10.0. The number of piperazine rings is 1. The van der Waals surface area contributed by atoms with Crippen LogP contribution in [0.15, 0.2) is 42.5 Å². The van der Waals surface area contributed by atoms with E-state index >= 15 is 0 Å². The highest BCUT2D eigenvalue weighted by Crippen LogP contribution is 2.33. The number of anilines is 2. The number of rotatable bonds is 6. The van der Waals surface area contributed by atoms with E-state index in [1.54, 1.807) is 7.11 Å². The summed E-state index contributed by atoms with van der Waals surface area (Å²) in [4.78, 5) is 26.6. The summed E-state index contributed by atoms with van der Waals surface area (Å²) < 4.78 is 11.0. The van der Waals surface area contributed by atoms with Gasteiger partial charge in [0.1, 0.15) is 5.75 Å². The molecule has 1 fully saturated rings. The minimum atomic E-state index is -0.633. The normalized spacial score (nSPS) is 18.9. The second-order valence-corrected chi connectivity index (χ2v) is 7.51. The Bertz CT molecular complexity index is 925. The number of nitrogens with one attached hydrogen (secondary N) is 2. The van der Waals surface area contributed by atoms with Crippen molar-refractivity contribution in [3.05, 3.63) is 52.6 Å². The second-order valence-electron chi connectivity index (χ2n) is 7.51. The number of quaternary nitrogens is 1. The third-order valence-corrected chi connectivity index (χ3v) is 5.66. The molecule has 2 N–H and O–H groups in total. The van der Waals surface area contributed by atoms with Crippen molar-refractivity contribution in [1.29, 1.82) is 0 Å². The van der Waals surface area contributed by atoms with Crippen LogP contribution in [0, 0.1) is 10.1 Å². The van der Waals surface area contributed by atoms with Crippen molar-refractivity contribution in [2.24, 2.45) is 0 Å². The standard InChI is InChI=1S/C21H24N4O5/c1-29-17-5-2-15(3-6-17)24-12-10-23(11-13-24)9-8-19-21(26)22-18-7-4-16(25(27)28)14-20(18)30-19/h2-7,14,19H,8-13H2,1H3,(H,22,26)/p+1/t19-/m1/s1. The molecule has 2 aromatic rings. The van der Waals surface area contributed by atoms with Gasteiger partial charge in [0.15, 0.2) is 11.9 Å². The zero-order valence-electron chi connectivity index (χ0n) is 16.8. The maximum Gasteiger partial charge on any atom is 0.273 e. The van der Waals surface area contributed by atoms with E-state index in [4.69, 9.17) is 9.47 Å². The molecule has 0 bridgehead atoms. The first-order chi connectivity index (χ1) is 14.5. The number of amides is 1. The maximum absolute atomic E-state index is 12.3. The lowest BCUT2D eigenvalue weighted by Gasteiger charge is -2.34. The van der Waals surface area contributed by atoms with Crippen LogP contribution in [0.1, 0.15) is 6.42 Å². The molecule has 0 aromatic heterocycles. The highest BCUT2D eigenvalue weighted by Gasteiger charge is 2.30. The maximum atomic E-state index is 12.3. The predicted molar refractivity (Wildman–Crippen MR) is 112 cm³/mol. The molecule has 1 atom stereocenters. The van der Waals surface area contributed by atoms with Gasteiger partial charge in [-0.05, 0) is 30.3 Å². The molecule has 4 rings (SSSR count). The van der Waals surface area contributed by atoms with Crippen LogP contribution in [0.25, 0.3) is 0 Å². The van der Waals surface area contributed by atoms with Gasteiger partial charge in [0, 0.05) is 18.2 Å². The number of nitro groups is 1. The van der Waals surface area contributed by atoms with Gasteiger partial charge in [0.05, 0.1) is 56.5 Å². The van der Waals surface area contributed by atoms with Gasteiger partial charge in [-0.2, -0.15) is 0 Å². The molecule has 9 heteroatoms. The number of carbonyl (C=O) groups excluding carboxylic acids is 1. The number of nitro benzene ring substituents is 1. The Hall–Kier alpha value is -3.33. The highest BCUT2D eigenvalue weighted by atomic mass is 16.6. The van der Waals surface area contributed by atoms with Crippen LogP contribution in [-0.2, 0) is 4.79 Å². The summed E-state index contributed by atoms with van der Waals surface area (Å²) in [5.74, 6) is 1.00. The molecule has 0 radical (unpaired) electrons. The molecule has 0 spiro atoms. The van der Waals surface area contributed by atoms with Gasteiger partial charge in [-0.1, -0.05) is 0 Å². The summed E-state index contributed by atoms with van der Waals surface area (Å²) in [7, 11) is 1.66. The number of hydrogen-bond acceptors (Lipinski definition) is 6. The minimum Gasteiger partial charge on any atom is -0.497 e. The van der Waals surface area contributed by atoms with E-state index in [9.17, 15) is 14.9 Å². The summed E-state index contributed by atoms with van der Waals surface area (Å²) in [5.41, 5.74) is 1.61. The van der Waals surface area contributed by atoms with Crippen LogP contribution in [0.3, 0.4) is 0 Å². The van der Waals surface area contributed by atoms with E-state index in [1.807, 2.05) is 12.1 Å². The van der Waals surface area contributed by atoms with Crippen LogP contribution in [0.2, 0.25) is 0 Å². The molecule has 158 valence electrons. The minimum absolute atomic E-state index is 0.0519. The monoisotopic (exact) mass is 413 g/mol. The fourth-order valence-corrected chi connectivity index (χ4v) is 3.89. The third-order valence-electron chi connectivity index (χ3n) is 5.66. The summed E-state index contributed by atoms with van der Waals surface area (Å²) in [6, 6.07) is 12.3. The Morgan fingerprint density at radius 3 is 2.63 bits per heavy atom. The van der Waals surface area contributed by atoms with Crippen molar-refractivity contribution in [3.8, 4) is 11.5 Å². The number of methoxy groups -OCH3 is 1. The molecule has 30 heavy (non-hydrogen) atoms. The third kappa shape index (κ3) is 4.30. The number of ether oxygens (including phenoxy) is 2. The SMILES string of the molecule is COc1ccc(N2CC[NH+](CC[C@H]3Oc4cc([N+](=O)[O-])ccc4NC3=O)CC2)cc1. The molecule has 9 nitrogen and oxygen atoms in total. The van der Waals surface area contributed by atoms with E-state index in [0.29, 0.717) is 17.9 Å². The van der Waals surface area contributed by atoms with Crippen molar-refractivity contribution in [3.63, 3.8) is 0 Å². The Morgan fingerprint density at radius 1 is 1.23 bits per heavy atom. The fourth-order valence-electron chi connectivity index (χ4n) is 3.89. The Balaban J connectivity index is 1.29. The molecule has 1 saturated heterocycles. The summed E-state index contributed by atoms with van der Waals surface area (Å²) >= 11 is 0. The Morgan fingerprint density at radius 2 is 1.97 bits per heavy atom. The first-order valence-corrected chi connectivity index (χ1v) is 10.0. The van der Waals surface area contributed by atoms with E-state index in [2.05, 4.69) is 22.3 Å². The lowest BCUT2D eigenvalue weighted by atomic mass is 10.1. The van der Waals surface area contributed by atoms with E-state index < -0.39 is 11.0 Å². The number of carbonyl (C=O) groups is 1. The number of fused-ring (bicyclic) bond motifs is 1. The van der Waals surface area contributed by atoms with E-state index in [0.717, 1.165) is 38.5 Å². The molecular formula is C21H25N4O5+. The average Bonchev–Trinajstić information content (AvgIpc) is 2.77. The first kappa shape index (κ1) is 20.0. The number of non-ortho nitro benzene ring substituents is 1. The molecule has 0 aliphatic carbocycles. The van der Waals surface area contributed by atoms with E-state index in [-0.39, 0.29) is 11.6 Å². The van der Waals surface area contributed by atoms with Crippen LogP contribution in [0.4, 0.5) is 17.1 Å². The van der Waals surface area contributed by atoms with Gasteiger partial charge in [-0.15, -0.1) is 0 Å². The second kappa shape index (κ2) is 8.58. The summed E-state index contributed by atoms with van der Waals surface area (Å²) in [5, 5.41) is 13.8. The average molecular weight is 413 g/mol. The molecule has 2 aliphatic heterocycles. The van der Waals surface area contributed by atoms with Crippen molar-refractivity contribution in [1.82, 2.24) is 0 Å². The molecular weight excluding hydrogens is 388 g/mol. The molecule has 0 unspecified atom stereocenters. The molecule has 0 saturated carbocycles. The topological polar surface area (TPSA) is 98.4 Å². The highest BCUT2D eigenvalue weighted by molar-refractivity contribution is 5.97. The number of benzene rings is 2. The quantitative estimate of drug-likeness (QED) is 0.544. The Kier molecular flexibility index (Phi) is 5.71. The fraction of sp³-hybridized carbons (Fsp3) is 0.381. The van der Waals surface area contributed by atoms with Gasteiger partial charge >= 0.3 is 0 Å². The summed E-state index contributed by atoms with van der Waals surface area (Å²) in [6.07, 6.45) is -0.0714. The smallest absolute Gasteiger partial charge is 0.273 e. The molecule has 1 amide bonds. The Labute approximate surface area is 174 Å². The largest absolute Gasteiger partial charge is 0.497 e. The lowest BCUT2D eigenvalue weighted by molar-refractivity contribution is -0.901. The van der Waals surface area contributed by atoms with Crippen LogP contribution in [-0.4, -0.2) is 56.8 Å². The lowest BCUT2D eigenvalue weighted by Crippen LogP contribution is -3.15.